The van der Waals surface area contributed by atoms with E-state index in [-0.39, 0.29) is 12.5 Å². The van der Waals surface area contributed by atoms with Crippen molar-refractivity contribution < 1.29 is 32.9 Å². The maximum Gasteiger partial charge on any atom is 0.268 e. The number of nitrogens with one attached hydrogen (secondary N) is 1. The highest BCUT2D eigenvalue weighted by atomic mass is 31.2. The van der Waals surface area contributed by atoms with Gasteiger partial charge in [-0.2, -0.15) is 0 Å². The third kappa shape index (κ3) is 52.1. The summed E-state index contributed by atoms with van der Waals surface area (Å²) in [7, 11) is 1.24. The Kier molecular flexibility index (Phi) is 48.3. The Morgan fingerprint density at radius 3 is 1.33 bits per heavy atom. The molecule has 0 fully saturated rings. The van der Waals surface area contributed by atoms with Gasteiger partial charge in [-0.25, -0.2) is 0 Å². The van der Waals surface area contributed by atoms with Crippen molar-refractivity contribution in [2.24, 2.45) is 0 Å². The zero-order valence-corrected chi connectivity index (χ0v) is 45.7. The summed E-state index contributed by atoms with van der Waals surface area (Å²) in [6.45, 7) is 4.62. The monoisotopic (exact) mass is 963 g/mol. The number of hydrogen-bond donors (Lipinski definition) is 2. The summed E-state index contributed by atoms with van der Waals surface area (Å²) in [6, 6.07) is -0.909. The average molecular weight is 964 g/mol. The van der Waals surface area contributed by atoms with E-state index < -0.39 is 26.6 Å². The molecule has 3 atom stereocenters. The van der Waals surface area contributed by atoms with E-state index in [0.29, 0.717) is 17.4 Å². The maximum absolute atomic E-state index is 12.9. The molecule has 0 saturated heterocycles. The molecule has 8 nitrogen and oxygen atoms in total. The van der Waals surface area contributed by atoms with Crippen molar-refractivity contribution in [3.8, 4) is 0 Å². The summed E-state index contributed by atoms with van der Waals surface area (Å²) in [5, 5.41) is 13.9. The summed E-state index contributed by atoms with van der Waals surface area (Å²) in [6.07, 6.45) is 64.8. The van der Waals surface area contributed by atoms with Crippen LogP contribution in [0.15, 0.2) is 48.6 Å². The average Bonchev–Trinajstić information content (AvgIpc) is 3.29. The molecule has 0 aromatic carbocycles. The lowest BCUT2D eigenvalue weighted by molar-refractivity contribution is -0.870. The molecule has 67 heavy (non-hydrogen) atoms. The summed E-state index contributed by atoms with van der Waals surface area (Å²) in [4.78, 5) is 25.4. The van der Waals surface area contributed by atoms with Crippen molar-refractivity contribution in [2.45, 2.75) is 276 Å². The predicted octanol–water partition coefficient (Wildman–Crippen LogP) is 16.5. The molecule has 1 amide bonds. The number of aliphatic hydroxyl groups excluding tert-OH is 1. The van der Waals surface area contributed by atoms with Crippen molar-refractivity contribution in [1.82, 2.24) is 5.32 Å². The molecule has 2 N–H and O–H groups in total. The van der Waals surface area contributed by atoms with Gasteiger partial charge in [0.25, 0.3) is 7.82 Å². The molecular weight excluding hydrogens is 852 g/mol. The highest BCUT2D eigenvalue weighted by molar-refractivity contribution is 7.45. The Bertz CT molecular complexity index is 1230. The zero-order valence-electron chi connectivity index (χ0n) is 44.9. The second-order valence-electron chi connectivity index (χ2n) is 20.6. The first-order valence-electron chi connectivity index (χ1n) is 28.5. The number of rotatable bonds is 52. The molecule has 9 heteroatoms. The molecule has 394 valence electrons. The first-order chi connectivity index (χ1) is 32.5. The SMILES string of the molecule is CCCCC/C=C\C/C=C\CCCCCCCCCC(=O)NC(COP(=O)([O-])OCC[N+](C)(C)C)C(O)/C=C/CC/C=C/CCCCCCCCCCCCCCCCCCCCCCCC. The second kappa shape index (κ2) is 49.4. The Morgan fingerprint density at radius 2 is 0.881 bits per heavy atom. The highest BCUT2D eigenvalue weighted by Gasteiger charge is 2.23. The van der Waals surface area contributed by atoms with Crippen LogP contribution in [-0.4, -0.2) is 68.5 Å². The van der Waals surface area contributed by atoms with Gasteiger partial charge < -0.3 is 28.8 Å². The lowest BCUT2D eigenvalue weighted by atomic mass is 10.0. The molecule has 0 aliphatic rings. The molecule has 0 heterocycles. The molecule has 0 spiro atoms. The van der Waals surface area contributed by atoms with Gasteiger partial charge in [-0.05, 0) is 64.2 Å². The lowest BCUT2D eigenvalue weighted by Gasteiger charge is -2.29. The quantitative estimate of drug-likeness (QED) is 0.0272. The molecule has 0 aromatic heterocycles. The normalized spacial score (nSPS) is 14.3. The van der Waals surface area contributed by atoms with Gasteiger partial charge in [0.15, 0.2) is 0 Å². The molecule has 0 bridgehead atoms. The molecule has 3 unspecified atom stereocenters. The van der Waals surface area contributed by atoms with Crippen LogP contribution in [0.3, 0.4) is 0 Å². The number of carbonyl (C=O) groups excluding carboxylic acids is 1. The summed E-state index contributed by atoms with van der Waals surface area (Å²) >= 11 is 0. The zero-order chi connectivity index (χ0) is 49.2. The molecule has 0 aromatic rings. The molecule has 0 radical (unpaired) electrons. The molecule has 0 aliphatic heterocycles. The van der Waals surface area contributed by atoms with Gasteiger partial charge in [-0.3, -0.25) is 9.36 Å². The fourth-order valence-electron chi connectivity index (χ4n) is 8.26. The molecular formula is C58H111N2O6P. The van der Waals surface area contributed by atoms with Gasteiger partial charge in [-0.1, -0.05) is 242 Å². The van der Waals surface area contributed by atoms with Crippen molar-refractivity contribution >= 4 is 13.7 Å². The second-order valence-corrected chi connectivity index (χ2v) is 22.0. The van der Waals surface area contributed by atoms with Gasteiger partial charge in [-0.15, -0.1) is 0 Å². The summed E-state index contributed by atoms with van der Waals surface area (Å²) < 4.78 is 23.3. The van der Waals surface area contributed by atoms with Crippen LogP contribution < -0.4 is 10.2 Å². The number of carbonyl (C=O) groups is 1. The number of hydrogen-bond acceptors (Lipinski definition) is 6. The van der Waals surface area contributed by atoms with E-state index in [1.807, 2.05) is 27.2 Å². The topological polar surface area (TPSA) is 108 Å². The van der Waals surface area contributed by atoms with E-state index in [1.165, 1.54) is 186 Å². The standard InChI is InChI=1S/C58H111N2O6P/c1-6-8-10-12-14-16-18-20-22-24-25-26-27-28-29-30-31-32-33-34-36-37-39-41-43-45-47-49-51-57(61)56(55-66-67(63,64)65-54-53-60(3,4)5)59-58(62)52-50-48-46-44-42-40-38-35-23-21-19-17-15-13-11-9-7-2/h15,17,21,23,41,43,49,51,56-57,61H,6-14,16,18-20,22,24-40,42,44-48,50,52-55H2,1-5H3,(H-,59,62,63,64)/b17-15-,23-21-,43-41+,51-49+. The van der Waals surface area contributed by atoms with Crippen molar-refractivity contribution in [3.05, 3.63) is 48.6 Å². The molecule has 0 saturated carbocycles. The predicted molar refractivity (Wildman–Crippen MR) is 288 cm³/mol. The Balaban J connectivity index is 4.23. The number of unbranched alkanes of at least 4 members (excludes halogenated alkanes) is 33. The Hall–Kier alpha value is -1.54. The third-order valence-electron chi connectivity index (χ3n) is 12.8. The fourth-order valence-corrected chi connectivity index (χ4v) is 8.98. The van der Waals surface area contributed by atoms with Crippen LogP contribution in [0.4, 0.5) is 0 Å². The largest absolute Gasteiger partial charge is 0.756 e. The van der Waals surface area contributed by atoms with E-state index in [4.69, 9.17) is 9.05 Å². The van der Waals surface area contributed by atoms with E-state index in [1.54, 1.807) is 6.08 Å². The van der Waals surface area contributed by atoms with Crippen LogP contribution in [0.1, 0.15) is 264 Å². The van der Waals surface area contributed by atoms with Gasteiger partial charge >= 0.3 is 0 Å². The van der Waals surface area contributed by atoms with E-state index >= 15 is 0 Å². The van der Waals surface area contributed by atoms with Crippen LogP contribution in [0.25, 0.3) is 0 Å². The number of aliphatic hydroxyl groups is 1. The number of quaternary nitrogens is 1. The Labute approximate surface area is 416 Å². The van der Waals surface area contributed by atoms with Crippen LogP contribution in [0, 0.1) is 0 Å². The molecule has 0 aliphatic carbocycles. The highest BCUT2D eigenvalue weighted by Crippen LogP contribution is 2.38. The van der Waals surface area contributed by atoms with Gasteiger partial charge in [0.1, 0.15) is 13.2 Å². The van der Waals surface area contributed by atoms with E-state index in [9.17, 15) is 19.4 Å². The van der Waals surface area contributed by atoms with Crippen LogP contribution in [0.2, 0.25) is 0 Å². The number of amides is 1. The van der Waals surface area contributed by atoms with E-state index in [0.717, 1.165) is 57.8 Å². The number of phosphoric ester groups is 1. The first kappa shape index (κ1) is 65.5. The number of phosphoric acid groups is 1. The summed E-state index contributed by atoms with van der Waals surface area (Å²) in [5.41, 5.74) is 0. The van der Waals surface area contributed by atoms with Crippen LogP contribution in [-0.2, 0) is 18.4 Å². The van der Waals surface area contributed by atoms with Gasteiger partial charge in [0, 0.05) is 6.42 Å². The van der Waals surface area contributed by atoms with Gasteiger partial charge in [0.05, 0.1) is 39.9 Å². The lowest BCUT2D eigenvalue weighted by Crippen LogP contribution is -2.45. The first-order valence-corrected chi connectivity index (χ1v) is 30.0. The van der Waals surface area contributed by atoms with Crippen LogP contribution >= 0.6 is 7.82 Å². The Morgan fingerprint density at radius 1 is 0.522 bits per heavy atom. The van der Waals surface area contributed by atoms with Crippen molar-refractivity contribution in [2.75, 3.05) is 40.9 Å². The van der Waals surface area contributed by atoms with E-state index in [2.05, 4.69) is 55.6 Å². The fraction of sp³-hybridized carbons (Fsp3) is 0.845. The number of allylic oxidation sites excluding steroid dienone is 7. The molecule has 0 rings (SSSR count). The van der Waals surface area contributed by atoms with Crippen molar-refractivity contribution in [1.29, 1.82) is 0 Å². The third-order valence-corrected chi connectivity index (χ3v) is 13.7. The van der Waals surface area contributed by atoms with Crippen LogP contribution in [0.5, 0.6) is 0 Å². The van der Waals surface area contributed by atoms with Gasteiger partial charge in [0.2, 0.25) is 5.91 Å². The summed E-state index contributed by atoms with van der Waals surface area (Å²) in [5.74, 6) is -0.214. The number of nitrogens with zero attached hydrogens (tertiary/aromatic N) is 1. The number of likely N-dealkylation sites (N-methyl/N-ethyl adjacent to an activating group) is 1. The minimum atomic E-state index is -4.61. The minimum Gasteiger partial charge on any atom is -0.756 e. The maximum atomic E-state index is 12.9. The smallest absolute Gasteiger partial charge is 0.268 e. The van der Waals surface area contributed by atoms with Crippen molar-refractivity contribution in [3.63, 3.8) is 0 Å². The minimum absolute atomic E-state index is 0.00885.